The highest BCUT2D eigenvalue weighted by Gasteiger charge is 2.37. The molecule has 0 bridgehead atoms. The highest BCUT2D eigenvalue weighted by Crippen LogP contribution is 2.43. The van der Waals surface area contributed by atoms with E-state index in [0.717, 1.165) is 55.9 Å². The number of fused-ring (bicyclic) bond motifs is 4. The van der Waals surface area contributed by atoms with Gasteiger partial charge in [-0.15, -0.1) is 0 Å². The van der Waals surface area contributed by atoms with Gasteiger partial charge in [0.1, 0.15) is 17.6 Å². The molecule has 34 heavy (non-hydrogen) atoms. The molecule has 3 aromatic heterocycles. The molecule has 6 rings (SSSR count). The van der Waals surface area contributed by atoms with Crippen molar-refractivity contribution in [2.75, 3.05) is 18.4 Å². The van der Waals surface area contributed by atoms with Gasteiger partial charge in [-0.3, -0.25) is 19.2 Å². The van der Waals surface area contributed by atoms with Crippen LogP contribution in [0, 0.1) is 5.92 Å². The fourth-order valence-electron chi connectivity index (χ4n) is 6.24. The maximum Gasteiger partial charge on any atom is 0.408 e. The molecule has 178 valence electrons. The maximum atomic E-state index is 11.7. The van der Waals surface area contributed by atoms with Crippen LogP contribution in [-0.4, -0.2) is 54.6 Å². The van der Waals surface area contributed by atoms with Gasteiger partial charge in [0.25, 0.3) is 0 Å². The molecule has 3 aromatic rings. The molecule has 8 nitrogen and oxygen atoms in total. The van der Waals surface area contributed by atoms with Gasteiger partial charge in [-0.1, -0.05) is 12.1 Å². The molecule has 1 amide bonds. The first kappa shape index (κ1) is 21.4. The number of anilines is 1. The normalized spacial score (nSPS) is 25.1. The van der Waals surface area contributed by atoms with Crippen LogP contribution in [0.1, 0.15) is 61.5 Å². The zero-order valence-electron chi connectivity index (χ0n) is 19.4. The summed E-state index contributed by atoms with van der Waals surface area (Å²) in [5, 5.41) is 13.1. The number of carbonyl (C=O) groups is 1. The van der Waals surface area contributed by atoms with E-state index >= 15 is 0 Å². The molecule has 0 unspecified atom stereocenters. The van der Waals surface area contributed by atoms with Gasteiger partial charge in [0.05, 0.1) is 17.4 Å². The third kappa shape index (κ3) is 3.90. The van der Waals surface area contributed by atoms with Crippen LogP contribution in [0.25, 0.3) is 5.65 Å². The molecule has 3 aliphatic rings. The van der Waals surface area contributed by atoms with E-state index < -0.39 is 6.09 Å². The molecule has 0 saturated carbocycles. The van der Waals surface area contributed by atoms with Crippen molar-refractivity contribution in [2.45, 2.75) is 63.7 Å². The smallest absolute Gasteiger partial charge is 0.408 e. The third-order valence-electron chi connectivity index (χ3n) is 7.82. The van der Waals surface area contributed by atoms with Crippen LogP contribution >= 0.6 is 0 Å². The van der Waals surface area contributed by atoms with Gasteiger partial charge in [0.2, 0.25) is 0 Å². The number of hydrogen-bond acceptors (Lipinski definition) is 5. The van der Waals surface area contributed by atoms with Gasteiger partial charge >= 0.3 is 6.09 Å². The molecular weight excluding hydrogens is 428 g/mol. The van der Waals surface area contributed by atoms with Crippen molar-refractivity contribution in [3.63, 3.8) is 0 Å². The van der Waals surface area contributed by atoms with Gasteiger partial charge in [-0.25, -0.2) is 9.78 Å². The number of carboxylic acid groups (broad SMARTS) is 1. The number of pyridine rings is 2. The summed E-state index contributed by atoms with van der Waals surface area (Å²) >= 11 is 0. The van der Waals surface area contributed by atoms with E-state index in [1.54, 1.807) is 0 Å². The number of aryl methyl sites for hydroxylation is 1. The number of piperidine rings is 2. The summed E-state index contributed by atoms with van der Waals surface area (Å²) in [5.41, 5.74) is 4.58. The Hall–Kier alpha value is -3.13. The highest BCUT2D eigenvalue weighted by molar-refractivity contribution is 5.66. The number of nitrogens with one attached hydrogen (secondary N) is 1. The fourth-order valence-corrected chi connectivity index (χ4v) is 6.24. The van der Waals surface area contributed by atoms with Crippen LogP contribution in [-0.2, 0) is 13.0 Å². The number of rotatable bonds is 4. The minimum atomic E-state index is -0.864. The Kier molecular flexibility index (Phi) is 5.61. The summed E-state index contributed by atoms with van der Waals surface area (Å²) < 4.78 is 2.07. The summed E-state index contributed by atoms with van der Waals surface area (Å²) in [4.78, 5) is 25.5. The fraction of sp³-hybridized carbons (Fsp3) is 0.500. The second-order valence-electron chi connectivity index (χ2n) is 9.91. The van der Waals surface area contributed by atoms with E-state index in [0.29, 0.717) is 18.5 Å². The largest absolute Gasteiger partial charge is 0.465 e. The van der Waals surface area contributed by atoms with E-state index in [1.807, 2.05) is 24.4 Å². The topological polar surface area (TPSA) is 86.0 Å². The molecule has 0 spiro atoms. The van der Waals surface area contributed by atoms with Crippen molar-refractivity contribution in [1.29, 1.82) is 0 Å². The lowest BCUT2D eigenvalue weighted by molar-refractivity contribution is 0.0687. The van der Waals surface area contributed by atoms with E-state index in [1.165, 1.54) is 35.4 Å². The highest BCUT2D eigenvalue weighted by atomic mass is 16.4. The van der Waals surface area contributed by atoms with E-state index in [9.17, 15) is 9.90 Å². The molecule has 8 heteroatoms. The summed E-state index contributed by atoms with van der Waals surface area (Å²) in [7, 11) is 0. The quantitative estimate of drug-likeness (QED) is 0.595. The summed E-state index contributed by atoms with van der Waals surface area (Å²) in [5.74, 6) is 1.55. The molecule has 0 aromatic carbocycles. The Labute approximate surface area is 199 Å². The summed E-state index contributed by atoms with van der Waals surface area (Å²) in [6.45, 7) is 2.43. The molecule has 0 radical (unpaired) electrons. The first-order valence-electron chi connectivity index (χ1n) is 12.6. The van der Waals surface area contributed by atoms with Crippen LogP contribution in [0.3, 0.4) is 0 Å². The predicted octanol–water partition coefficient (Wildman–Crippen LogP) is 4.53. The Balaban J connectivity index is 1.26. The first-order valence-corrected chi connectivity index (χ1v) is 12.6. The number of aromatic nitrogens is 3. The second kappa shape index (κ2) is 8.91. The van der Waals surface area contributed by atoms with Crippen molar-refractivity contribution in [3.05, 3.63) is 59.7 Å². The number of imidazole rings is 1. The predicted molar refractivity (Wildman–Crippen MR) is 130 cm³/mol. The third-order valence-corrected chi connectivity index (χ3v) is 7.82. The summed E-state index contributed by atoms with van der Waals surface area (Å²) in [6, 6.07) is 10.7. The zero-order valence-corrected chi connectivity index (χ0v) is 19.4. The minimum absolute atomic E-state index is 0.213. The molecule has 2 saturated heterocycles. The molecule has 1 aliphatic carbocycles. The maximum absolute atomic E-state index is 11.7. The van der Waals surface area contributed by atoms with Crippen LogP contribution in [0.15, 0.2) is 42.7 Å². The van der Waals surface area contributed by atoms with E-state index in [4.69, 9.17) is 9.97 Å². The van der Waals surface area contributed by atoms with Crippen molar-refractivity contribution in [3.8, 4) is 0 Å². The van der Waals surface area contributed by atoms with Crippen LogP contribution in [0.5, 0.6) is 0 Å². The van der Waals surface area contributed by atoms with Crippen molar-refractivity contribution < 1.29 is 9.90 Å². The Morgan fingerprint density at radius 2 is 2.03 bits per heavy atom. The Morgan fingerprint density at radius 1 is 1.09 bits per heavy atom. The van der Waals surface area contributed by atoms with E-state index in [-0.39, 0.29) is 6.17 Å². The van der Waals surface area contributed by atoms with Crippen LogP contribution < -0.4 is 5.32 Å². The zero-order chi connectivity index (χ0) is 23.1. The molecule has 5 heterocycles. The lowest BCUT2D eigenvalue weighted by Gasteiger charge is -2.44. The molecule has 2 fully saturated rings. The summed E-state index contributed by atoms with van der Waals surface area (Å²) in [6.07, 6.45) is 10.6. The van der Waals surface area contributed by atoms with Gasteiger partial charge in [-0.2, -0.15) is 0 Å². The second-order valence-corrected chi connectivity index (χ2v) is 9.91. The number of hydrogen-bond donors (Lipinski definition) is 2. The number of likely N-dealkylation sites (tertiary alicyclic amines) is 2. The van der Waals surface area contributed by atoms with Gasteiger partial charge in [-0.05, 0) is 81.2 Å². The lowest BCUT2D eigenvalue weighted by atomic mass is 9.77. The molecule has 2 N–H and O–H groups in total. The molecule has 3 atom stereocenters. The Bertz CT molecular complexity index is 1190. The molecular formula is C26H32N6O2. The lowest BCUT2D eigenvalue weighted by Crippen LogP contribution is -2.47. The average molecular weight is 461 g/mol. The van der Waals surface area contributed by atoms with Gasteiger partial charge in [0.15, 0.2) is 0 Å². The van der Waals surface area contributed by atoms with Crippen LogP contribution in [0.4, 0.5) is 10.6 Å². The minimum Gasteiger partial charge on any atom is -0.465 e. The standard InChI is InChI=1S/C26H32N6O2/c33-26(34)31-15-2-1-8-22(31)29-23-10-3-9-21-28-20(17-32(21)23)16-30-14-5-7-19-12-11-18-6-4-13-27-24(18)25(19)30/h3-4,6,9-10,13,17,19,22,25,29H,1-2,5,7-8,11-12,14-16H2,(H,33,34)/t19-,22-,25-/m0/s1. The van der Waals surface area contributed by atoms with Crippen molar-refractivity contribution in [2.24, 2.45) is 5.92 Å². The van der Waals surface area contributed by atoms with E-state index in [2.05, 4.69) is 32.9 Å². The molecule has 2 aliphatic heterocycles. The van der Waals surface area contributed by atoms with Crippen LogP contribution in [0.2, 0.25) is 0 Å². The van der Waals surface area contributed by atoms with Gasteiger partial charge < -0.3 is 10.4 Å². The number of amides is 1. The number of nitrogens with zero attached hydrogens (tertiary/aromatic N) is 5. The monoisotopic (exact) mass is 460 g/mol. The average Bonchev–Trinajstić information content (AvgIpc) is 3.28. The van der Waals surface area contributed by atoms with Crippen molar-refractivity contribution in [1.82, 2.24) is 24.2 Å². The first-order chi connectivity index (χ1) is 16.7. The van der Waals surface area contributed by atoms with Crippen molar-refractivity contribution >= 4 is 17.6 Å². The SMILES string of the molecule is O=C(O)N1CCCC[C@H]1Nc1cccc2nc(CN3CCC[C@H]4CCc5cccnc5[C@H]43)cn12. The Morgan fingerprint density at radius 3 is 2.94 bits per heavy atom. The van der Waals surface area contributed by atoms with Gasteiger partial charge in [0, 0.05) is 25.5 Å².